The van der Waals surface area contributed by atoms with E-state index in [1.54, 1.807) is 0 Å². The Balaban J connectivity index is 1.80. The van der Waals surface area contributed by atoms with E-state index in [4.69, 9.17) is 5.73 Å². The smallest absolute Gasteiger partial charge is 0.0534 e. The molecular weight excluding hydrogens is 236 g/mol. The van der Waals surface area contributed by atoms with E-state index < -0.39 is 0 Å². The van der Waals surface area contributed by atoms with E-state index in [2.05, 4.69) is 23.2 Å². The summed E-state index contributed by atoms with van der Waals surface area (Å²) in [6.07, 6.45) is 12.1. The van der Waals surface area contributed by atoms with Crippen molar-refractivity contribution in [3.05, 3.63) is 18.0 Å². The summed E-state index contributed by atoms with van der Waals surface area (Å²) in [6, 6.07) is 0. The first-order valence-corrected chi connectivity index (χ1v) is 7.50. The second-order valence-electron chi connectivity index (χ2n) is 6.27. The first kappa shape index (κ1) is 14.5. The van der Waals surface area contributed by atoms with Crippen molar-refractivity contribution in [3.63, 3.8) is 0 Å². The summed E-state index contributed by atoms with van der Waals surface area (Å²) in [5.41, 5.74) is 7.75. The van der Waals surface area contributed by atoms with Crippen LogP contribution in [0, 0.1) is 5.41 Å². The van der Waals surface area contributed by atoms with Crippen LogP contribution in [-0.2, 0) is 13.6 Å². The van der Waals surface area contributed by atoms with Gasteiger partial charge in [0.1, 0.15) is 0 Å². The van der Waals surface area contributed by atoms with Crippen LogP contribution in [0.4, 0.5) is 0 Å². The molecule has 4 nitrogen and oxygen atoms in total. The Bertz CT molecular complexity index is 379. The molecule has 108 valence electrons. The van der Waals surface area contributed by atoms with Crippen molar-refractivity contribution in [3.8, 4) is 0 Å². The van der Waals surface area contributed by atoms with Gasteiger partial charge in [0.2, 0.25) is 0 Å². The van der Waals surface area contributed by atoms with Crippen molar-refractivity contribution >= 4 is 0 Å². The molecule has 2 rings (SSSR count). The van der Waals surface area contributed by atoms with Crippen LogP contribution < -0.4 is 5.73 Å². The highest BCUT2D eigenvalue weighted by Gasteiger charge is 2.30. The van der Waals surface area contributed by atoms with E-state index in [0.29, 0.717) is 5.41 Å². The Morgan fingerprint density at radius 3 is 2.68 bits per heavy atom. The van der Waals surface area contributed by atoms with E-state index in [1.807, 2.05) is 17.9 Å². The zero-order valence-electron chi connectivity index (χ0n) is 12.4. The van der Waals surface area contributed by atoms with Crippen molar-refractivity contribution < 1.29 is 0 Å². The Labute approximate surface area is 117 Å². The van der Waals surface area contributed by atoms with Gasteiger partial charge in [-0.3, -0.25) is 4.68 Å². The number of rotatable bonds is 6. The summed E-state index contributed by atoms with van der Waals surface area (Å²) >= 11 is 0. The molecule has 1 heterocycles. The standard InChI is InChI=1S/C15H28N4/c1-18(11-14-10-17-19(2)12-14)9-8-15(13-16)6-4-3-5-7-15/h10,12H,3-9,11,13,16H2,1-2H3. The number of aromatic nitrogens is 2. The molecule has 0 bridgehead atoms. The van der Waals surface area contributed by atoms with Gasteiger partial charge in [0, 0.05) is 25.4 Å². The Morgan fingerprint density at radius 1 is 1.37 bits per heavy atom. The van der Waals surface area contributed by atoms with E-state index in [1.165, 1.54) is 44.1 Å². The van der Waals surface area contributed by atoms with Gasteiger partial charge in [-0.25, -0.2) is 0 Å². The minimum Gasteiger partial charge on any atom is -0.330 e. The molecule has 1 saturated carbocycles. The molecule has 0 amide bonds. The summed E-state index contributed by atoms with van der Waals surface area (Å²) in [4.78, 5) is 2.39. The molecule has 0 aliphatic heterocycles. The molecule has 4 heteroatoms. The highest BCUT2D eigenvalue weighted by atomic mass is 15.2. The first-order valence-electron chi connectivity index (χ1n) is 7.50. The van der Waals surface area contributed by atoms with Gasteiger partial charge in [-0.15, -0.1) is 0 Å². The Morgan fingerprint density at radius 2 is 2.11 bits per heavy atom. The zero-order chi connectivity index (χ0) is 13.7. The van der Waals surface area contributed by atoms with Gasteiger partial charge in [0.15, 0.2) is 0 Å². The average Bonchev–Trinajstić information content (AvgIpc) is 2.83. The predicted molar refractivity (Wildman–Crippen MR) is 78.7 cm³/mol. The van der Waals surface area contributed by atoms with Crippen molar-refractivity contribution in [2.24, 2.45) is 18.2 Å². The highest BCUT2D eigenvalue weighted by Crippen LogP contribution is 2.38. The first-order chi connectivity index (χ1) is 9.13. The SMILES string of the molecule is CN(CCC1(CN)CCCCC1)Cc1cnn(C)c1. The Hall–Kier alpha value is -0.870. The zero-order valence-corrected chi connectivity index (χ0v) is 12.4. The van der Waals surface area contributed by atoms with Crippen LogP contribution in [0.2, 0.25) is 0 Å². The van der Waals surface area contributed by atoms with Gasteiger partial charge >= 0.3 is 0 Å². The second kappa shape index (κ2) is 6.53. The molecule has 0 spiro atoms. The highest BCUT2D eigenvalue weighted by molar-refractivity contribution is 5.03. The fraction of sp³-hybridized carbons (Fsp3) is 0.800. The van der Waals surface area contributed by atoms with Crippen LogP contribution in [0.3, 0.4) is 0 Å². The number of nitrogens with zero attached hydrogens (tertiary/aromatic N) is 3. The molecule has 0 saturated heterocycles. The maximum Gasteiger partial charge on any atom is 0.0534 e. The Kier molecular flexibility index (Phi) is 4.99. The minimum absolute atomic E-state index is 0.418. The quantitative estimate of drug-likeness (QED) is 0.856. The molecular formula is C15H28N4. The van der Waals surface area contributed by atoms with Crippen LogP contribution in [0.5, 0.6) is 0 Å². The van der Waals surface area contributed by atoms with Gasteiger partial charge in [0.05, 0.1) is 6.20 Å². The van der Waals surface area contributed by atoms with E-state index in [0.717, 1.165) is 19.6 Å². The molecule has 0 atom stereocenters. The van der Waals surface area contributed by atoms with E-state index in [9.17, 15) is 0 Å². The number of hydrogen-bond donors (Lipinski definition) is 1. The second-order valence-corrected chi connectivity index (χ2v) is 6.27. The normalized spacial score (nSPS) is 18.9. The molecule has 2 N–H and O–H groups in total. The van der Waals surface area contributed by atoms with E-state index in [-0.39, 0.29) is 0 Å². The minimum atomic E-state index is 0.418. The lowest BCUT2D eigenvalue weighted by molar-refractivity contribution is 0.154. The molecule has 1 aromatic rings. The van der Waals surface area contributed by atoms with Crippen LogP contribution in [-0.4, -0.2) is 34.8 Å². The van der Waals surface area contributed by atoms with Crippen molar-refractivity contribution in [1.82, 2.24) is 14.7 Å². The lowest BCUT2D eigenvalue weighted by Crippen LogP contribution is -2.36. The molecule has 1 aliphatic rings. The third-order valence-corrected chi connectivity index (χ3v) is 4.58. The lowest BCUT2D eigenvalue weighted by Gasteiger charge is -2.37. The summed E-state index contributed by atoms with van der Waals surface area (Å²) in [7, 11) is 4.16. The molecule has 19 heavy (non-hydrogen) atoms. The predicted octanol–water partition coefficient (Wildman–Crippen LogP) is 2.15. The molecule has 0 aromatic carbocycles. The van der Waals surface area contributed by atoms with Crippen molar-refractivity contribution in [1.29, 1.82) is 0 Å². The monoisotopic (exact) mass is 264 g/mol. The molecule has 1 aliphatic carbocycles. The van der Waals surface area contributed by atoms with Gasteiger partial charge in [-0.1, -0.05) is 19.3 Å². The fourth-order valence-electron chi connectivity index (χ4n) is 3.23. The van der Waals surface area contributed by atoms with Gasteiger partial charge in [-0.05, 0) is 44.8 Å². The topological polar surface area (TPSA) is 47.1 Å². The summed E-state index contributed by atoms with van der Waals surface area (Å²) in [6.45, 7) is 2.97. The van der Waals surface area contributed by atoms with Gasteiger partial charge in [-0.2, -0.15) is 5.10 Å². The number of hydrogen-bond acceptors (Lipinski definition) is 3. The summed E-state index contributed by atoms with van der Waals surface area (Å²) < 4.78 is 1.87. The summed E-state index contributed by atoms with van der Waals surface area (Å²) in [5, 5.41) is 4.22. The molecule has 1 fully saturated rings. The average molecular weight is 264 g/mol. The van der Waals surface area contributed by atoms with Gasteiger partial charge < -0.3 is 10.6 Å². The third kappa shape index (κ3) is 4.05. The lowest BCUT2D eigenvalue weighted by atomic mass is 9.72. The van der Waals surface area contributed by atoms with Crippen LogP contribution in [0.25, 0.3) is 0 Å². The van der Waals surface area contributed by atoms with E-state index >= 15 is 0 Å². The van der Waals surface area contributed by atoms with Gasteiger partial charge in [0.25, 0.3) is 0 Å². The molecule has 0 radical (unpaired) electrons. The van der Waals surface area contributed by atoms with Crippen LogP contribution in [0.1, 0.15) is 44.1 Å². The number of aryl methyl sites for hydroxylation is 1. The maximum absolute atomic E-state index is 6.05. The third-order valence-electron chi connectivity index (χ3n) is 4.58. The van der Waals surface area contributed by atoms with Crippen LogP contribution >= 0.6 is 0 Å². The van der Waals surface area contributed by atoms with Crippen molar-refractivity contribution in [2.75, 3.05) is 20.1 Å². The maximum atomic E-state index is 6.05. The fourth-order valence-corrected chi connectivity index (χ4v) is 3.23. The van der Waals surface area contributed by atoms with Crippen LogP contribution in [0.15, 0.2) is 12.4 Å². The van der Waals surface area contributed by atoms with Crippen molar-refractivity contribution in [2.45, 2.75) is 45.1 Å². The largest absolute Gasteiger partial charge is 0.330 e. The molecule has 1 aromatic heterocycles. The molecule has 0 unspecified atom stereocenters. The number of nitrogens with two attached hydrogens (primary N) is 1. The summed E-state index contributed by atoms with van der Waals surface area (Å²) in [5.74, 6) is 0.